The minimum atomic E-state index is -4.62. The second-order valence-electron chi connectivity index (χ2n) is 5.75. The van der Waals surface area contributed by atoms with Crippen molar-refractivity contribution in [2.24, 2.45) is 0 Å². The van der Waals surface area contributed by atoms with Crippen molar-refractivity contribution in [3.63, 3.8) is 0 Å². The van der Waals surface area contributed by atoms with Crippen molar-refractivity contribution in [3.8, 4) is 11.5 Å². The van der Waals surface area contributed by atoms with E-state index >= 15 is 0 Å². The quantitative estimate of drug-likeness (QED) is 0.497. The van der Waals surface area contributed by atoms with Gasteiger partial charge in [-0.15, -0.1) is 5.10 Å². The molecule has 0 aliphatic rings. The summed E-state index contributed by atoms with van der Waals surface area (Å²) in [6.45, 7) is 1.50. The Labute approximate surface area is 149 Å². The van der Waals surface area contributed by atoms with E-state index in [1.54, 1.807) is 12.1 Å². The van der Waals surface area contributed by atoms with E-state index in [1.165, 1.54) is 26.4 Å². The highest BCUT2D eigenvalue weighted by molar-refractivity contribution is 5.97. The summed E-state index contributed by atoms with van der Waals surface area (Å²) in [6.07, 6.45) is -3.18. The van der Waals surface area contributed by atoms with Crippen molar-refractivity contribution < 1.29 is 27.1 Å². The van der Waals surface area contributed by atoms with Crippen molar-refractivity contribution in [3.05, 3.63) is 47.5 Å². The Hall–Kier alpha value is -3.43. The Morgan fingerprint density at radius 2 is 2.04 bits per heavy atom. The van der Waals surface area contributed by atoms with Crippen LogP contribution in [-0.2, 0) is 10.9 Å². The van der Waals surface area contributed by atoms with Gasteiger partial charge in [0, 0.05) is 6.07 Å². The van der Waals surface area contributed by atoms with Crippen LogP contribution in [0.4, 0.5) is 13.2 Å². The van der Waals surface area contributed by atoms with Crippen molar-refractivity contribution in [2.75, 3.05) is 7.11 Å². The largest absolute Gasteiger partial charge is 0.464 e. The first kappa shape index (κ1) is 17.0. The Kier molecular flexibility index (Phi) is 3.65. The molecule has 0 saturated carbocycles. The van der Waals surface area contributed by atoms with Crippen LogP contribution in [0.5, 0.6) is 0 Å². The van der Waals surface area contributed by atoms with Gasteiger partial charge in [-0.3, -0.25) is 0 Å². The first-order valence-electron chi connectivity index (χ1n) is 7.70. The van der Waals surface area contributed by atoms with Crippen LogP contribution < -0.4 is 0 Å². The number of hydrogen-bond donors (Lipinski definition) is 0. The number of fused-ring (bicyclic) bond motifs is 3. The molecule has 0 aromatic carbocycles. The molecule has 0 bridgehead atoms. The van der Waals surface area contributed by atoms with E-state index < -0.39 is 17.8 Å². The number of hydrogen-bond acceptors (Lipinski definition) is 6. The van der Waals surface area contributed by atoms with Crippen molar-refractivity contribution >= 4 is 22.6 Å². The Balaban J connectivity index is 2.10. The predicted molar refractivity (Wildman–Crippen MR) is 87.1 cm³/mol. The first-order valence-corrected chi connectivity index (χ1v) is 7.70. The molecule has 138 valence electrons. The minimum Gasteiger partial charge on any atom is -0.464 e. The molecule has 0 fully saturated rings. The van der Waals surface area contributed by atoms with E-state index in [9.17, 15) is 18.0 Å². The number of ether oxygens (including phenoxy) is 1. The minimum absolute atomic E-state index is 0.0140. The third kappa shape index (κ3) is 2.69. The van der Waals surface area contributed by atoms with Gasteiger partial charge in [0.05, 0.1) is 18.8 Å². The summed E-state index contributed by atoms with van der Waals surface area (Å²) in [5.74, 6) is -0.341. The molecule has 0 aliphatic carbocycles. The number of aromatic nitrogens is 4. The van der Waals surface area contributed by atoms with Gasteiger partial charge in [-0.05, 0) is 30.7 Å². The van der Waals surface area contributed by atoms with E-state index in [-0.39, 0.29) is 22.6 Å². The molecule has 0 aliphatic heterocycles. The number of aryl methyl sites for hydroxylation is 1. The fourth-order valence-corrected chi connectivity index (χ4v) is 2.81. The van der Waals surface area contributed by atoms with Crippen LogP contribution in [0.2, 0.25) is 0 Å². The van der Waals surface area contributed by atoms with Crippen molar-refractivity contribution in [2.45, 2.75) is 13.1 Å². The maximum absolute atomic E-state index is 13.1. The van der Waals surface area contributed by atoms with E-state index in [2.05, 4.69) is 15.1 Å². The zero-order valence-corrected chi connectivity index (χ0v) is 14.0. The molecule has 0 radical (unpaired) electrons. The standard InChI is InChI=1S/C17H11F3N4O3/c1-8-6-12(17(18,19)20)22-14-13(8)15-21-9(11-4-3-5-27-11)7-10(16(25)26-2)24(15)23-14/h3-7H,1-2H3. The number of carbonyl (C=O) groups excluding carboxylic acids is 1. The van der Waals surface area contributed by atoms with Gasteiger partial charge in [0.15, 0.2) is 22.7 Å². The SMILES string of the molecule is COC(=O)c1cc(-c2ccco2)nc2c3c(C)cc(C(F)(F)F)nc3nn12. The fraction of sp³-hybridized carbons (Fsp3) is 0.176. The third-order valence-corrected chi connectivity index (χ3v) is 4.00. The lowest BCUT2D eigenvalue weighted by Crippen LogP contribution is -2.10. The number of halogens is 3. The van der Waals surface area contributed by atoms with E-state index in [0.29, 0.717) is 16.8 Å². The van der Waals surface area contributed by atoms with Gasteiger partial charge in [0.25, 0.3) is 0 Å². The molecular weight excluding hydrogens is 365 g/mol. The smallest absolute Gasteiger partial charge is 0.433 e. The van der Waals surface area contributed by atoms with Gasteiger partial charge in [-0.1, -0.05) is 0 Å². The molecule has 4 heterocycles. The summed E-state index contributed by atoms with van der Waals surface area (Å²) in [4.78, 5) is 20.2. The summed E-state index contributed by atoms with van der Waals surface area (Å²) in [5.41, 5.74) is -0.479. The molecule has 0 spiro atoms. The van der Waals surface area contributed by atoms with Gasteiger partial charge in [-0.25, -0.2) is 19.3 Å². The van der Waals surface area contributed by atoms with Crippen LogP contribution in [0.3, 0.4) is 0 Å². The number of esters is 1. The van der Waals surface area contributed by atoms with Gasteiger partial charge in [0.2, 0.25) is 0 Å². The molecule has 0 unspecified atom stereocenters. The van der Waals surface area contributed by atoms with Crippen LogP contribution in [0, 0.1) is 6.92 Å². The zero-order valence-electron chi connectivity index (χ0n) is 14.0. The van der Waals surface area contributed by atoms with Crippen LogP contribution in [0.25, 0.3) is 28.1 Å². The van der Waals surface area contributed by atoms with Gasteiger partial charge < -0.3 is 9.15 Å². The molecule has 4 rings (SSSR count). The Bertz CT molecular complexity index is 1180. The van der Waals surface area contributed by atoms with Gasteiger partial charge in [0.1, 0.15) is 11.4 Å². The lowest BCUT2D eigenvalue weighted by Gasteiger charge is -2.06. The zero-order chi connectivity index (χ0) is 19.3. The van der Waals surface area contributed by atoms with E-state index in [1.807, 2.05) is 0 Å². The second-order valence-corrected chi connectivity index (χ2v) is 5.75. The lowest BCUT2D eigenvalue weighted by atomic mass is 10.1. The van der Waals surface area contributed by atoms with Crippen LogP contribution in [-0.4, -0.2) is 32.7 Å². The second kappa shape index (κ2) is 5.79. The van der Waals surface area contributed by atoms with Crippen molar-refractivity contribution in [1.29, 1.82) is 0 Å². The topological polar surface area (TPSA) is 82.5 Å². The lowest BCUT2D eigenvalue weighted by molar-refractivity contribution is -0.141. The average Bonchev–Trinajstić information content (AvgIpc) is 3.26. The number of rotatable bonds is 2. The molecule has 4 aromatic rings. The summed E-state index contributed by atoms with van der Waals surface area (Å²) in [5, 5.41) is 4.36. The molecule has 7 nitrogen and oxygen atoms in total. The van der Waals surface area contributed by atoms with Crippen LogP contribution in [0.15, 0.2) is 34.9 Å². The predicted octanol–water partition coefficient (Wildman–Crippen LogP) is 3.65. The number of furan rings is 1. The third-order valence-electron chi connectivity index (χ3n) is 4.00. The van der Waals surface area contributed by atoms with E-state index in [0.717, 1.165) is 10.6 Å². The average molecular weight is 376 g/mol. The Morgan fingerprint density at radius 3 is 2.67 bits per heavy atom. The number of pyridine rings is 1. The maximum Gasteiger partial charge on any atom is 0.433 e. The highest BCUT2D eigenvalue weighted by Crippen LogP contribution is 2.32. The molecule has 4 aromatic heterocycles. The summed E-state index contributed by atoms with van der Waals surface area (Å²) < 4.78 is 50.4. The molecule has 10 heteroatoms. The monoisotopic (exact) mass is 376 g/mol. The highest BCUT2D eigenvalue weighted by Gasteiger charge is 2.34. The number of carbonyl (C=O) groups is 1. The van der Waals surface area contributed by atoms with Crippen molar-refractivity contribution in [1.82, 2.24) is 19.6 Å². The van der Waals surface area contributed by atoms with Crippen LogP contribution in [0.1, 0.15) is 21.7 Å². The fourth-order valence-electron chi connectivity index (χ4n) is 2.81. The van der Waals surface area contributed by atoms with Gasteiger partial charge in [-0.2, -0.15) is 13.2 Å². The number of nitrogens with zero attached hydrogens (tertiary/aromatic N) is 4. The molecule has 0 saturated heterocycles. The van der Waals surface area contributed by atoms with Crippen LogP contribution >= 0.6 is 0 Å². The normalized spacial score (nSPS) is 12.0. The number of alkyl halides is 3. The summed E-state index contributed by atoms with van der Waals surface area (Å²) in [7, 11) is 1.19. The number of methoxy groups -OCH3 is 1. The molecular formula is C17H11F3N4O3. The molecule has 0 atom stereocenters. The van der Waals surface area contributed by atoms with Gasteiger partial charge >= 0.3 is 12.1 Å². The van der Waals surface area contributed by atoms with E-state index in [4.69, 9.17) is 9.15 Å². The highest BCUT2D eigenvalue weighted by atomic mass is 19.4. The Morgan fingerprint density at radius 1 is 1.26 bits per heavy atom. The molecule has 27 heavy (non-hydrogen) atoms. The summed E-state index contributed by atoms with van der Waals surface area (Å²) in [6, 6.07) is 5.61. The summed E-state index contributed by atoms with van der Waals surface area (Å²) >= 11 is 0. The molecule has 0 N–H and O–H groups in total. The maximum atomic E-state index is 13.1. The first-order chi connectivity index (χ1) is 12.8. The molecule has 0 amide bonds.